The Morgan fingerprint density at radius 1 is 1.07 bits per heavy atom. The summed E-state index contributed by atoms with van der Waals surface area (Å²) < 4.78 is 51.4. The van der Waals surface area contributed by atoms with Gasteiger partial charge in [-0.1, -0.05) is 12.1 Å². The summed E-state index contributed by atoms with van der Waals surface area (Å²) in [5.41, 5.74) is 0.330. The Hall–Kier alpha value is -3.29. The summed E-state index contributed by atoms with van der Waals surface area (Å²) in [6.45, 7) is 2.89. The lowest BCUT2D eigenvalue weighted by Crippen LogP contribution is -2.17. The van der Waals surface area contributed by atoms with Gasteiger partial charge in [0.15, 0.2) is 0 Å². The van der Waals surface area contributed by atoms with Gasteiger partial charge in [-0.3, -0.25) is 4.79 Å². The van der Waals surface area contributed by atoms with Gasteiger partial charge in [0.1, 0.15) is 17.1 Å². The molecule has 0 unspecified atom stereocenters. The Morgan fingerprint density at radius 2 is 1.81 bits per heavy atom. The van der Waals surface area contributed by atoms with E-state index in [1.807, 2.05) is 0 Å². The summed E-state index contributed by atoms with van der Waals surface area (Å²) in [5.74, 6) is -0.749. The molecule has 0 radical (unpaired) electrons. The zero-order valence-electron chi connectivity index (χ0n) is 14.2. The van der Waals surface area contributed by atoms with Crippen molar-refractivity contribution in [1.29, 1.82) is 0 Å². The van der Waals surface area contributed by atoms with Crippen molar-refractivity contribution in [3.63, 3.8) is 0 Å². The fourth-order valence-electron chi connectivity index (χ4n) is 2.75. The number of aryl methyl sites for hydroxylation is 1. The average molecular weight is 378 g/mol. The molecule has 8 heteroatoms. The SMILES string of the molecule is CC(=O)Oc1ccc2c(C)c(-c3cccc(OC(F)(F)F)c3)c(=O)oc2c1. The molecule has 0 aliphatic carbocycles. The Bertz CT molecular complexity index is 1080. The Labute approximate surface area is 150 Å². The van der Waals surface area contributed by atoms with Crippen LogP contribution in [0.4, 0.5) is 13.2 Å². The molecule has 3 aromatic rings. The largest absolute Gasteiger partial charge is 0.573 e. The number of esters is 1. The molecule has 140 valence electrons. The van der Waals surface area contributed by atoms with Gasteiger partial charge in [-0.25, -0.2) is 4.79 Å². The summed E-state index contributed by atoms with van der Waals surface area (Å²) in [7, 11) is 0. The number of rotatable bonds is 3. The number of hydrogen-bond donors (Lipinski definition) is 0. The molecule has 0 saturated heterocycles. The molecule has 27 heavy (non-hydrogen) atoms. The van der Waals surface area contributed by atoms with Crippen molar-refractivity contribution in [3.8, 4) is 22.6 Å². The number of carbonyl (C=O) groups is 1. The second kappa shape index (κ2) is 6.79. The van der Waals surface area contributed by atoms with Crippen molar-refractivity contribution in [2.45, 2.75) is 20.2 Å². The van der Waals surface area contributed by atoms with E-state index in [4.69, 9.17) is 9.15 Å². The molecule has 0 atom stereocenters. The molecule has 5 nitrogen and oxygen atoms in total. The minimum absolute atomic E-state index is 0.121. The Kier molecular flexibility index (Phi) is 4.65. The normalized spacial score (nSPS) is 11.4. The van der Waals surface area contributed by atoms with Gasteiger partial charge in [-0.2, -0.15) is 0 Å². The van der Waals surface area contributed by atoms with E-state index in [-0.39, 0.29) is 22.5 Å². The van der Waals surface area contributed by atoms with Gasteiger partial charge in [0.05, 0.1) is 5.56 Å². The third kappa shape index (κ3) is 4.11. The Morgan fingerprint density at radius 3 is 2.48 bits per heavy atom. The first-order valence-electron chi connectivity index (χ1n) is 7.76. The van der Waals surface area contributed by atoms with Crippen molar-refractivity contribution >= 4 is 16.9 Å². The second-order valence-corrected chi connectivity index (χ2v) is 5.72. The number of benzene rings is 2. The molecule has 0 amide bonds. The first kappa shape index (κ1) is 18.5. The van der Waals surface area contributed by atoms with Crippen molar-refractivity contribution in [1.82, 2.24) is 0 Å². The fraction of sp³-hybridized carbons (Fsp3) is 0.158. The van der Waals surface area contributed by atoms with E-state index in [0.29, 0.717) is 10.9 Å². The molecule has 1 aromatic heterocycles. The third-order valence-corrected chi connectivity index (χ3v) is 3.76. The van der Waals surface area contributed by atoms with Gasteiger partial charge < -0.3 is 13.9 Å². The third-order valence-electron chi connectivity index (χ3n) is 3.76. The summed E-state index contributed by atoms with van der Waals surface area (Å²) in [4.78, 5) is 23.5. The lowest BCUT2D eigenvalue weighted by Gasteiger charge is -2.12. The first-order chi connectivity index (χ1) is 12.6. The van der Waals surface area contributed by atoms with Crippen LogP contribution in [0.1, 0.15) is 12.5 Å². The summed E-state index contributed by atoms with van der Waals surface area (Å²) >= 11 is 0. The van der Waals surface area contributed by atoms with Crippen LogP contribution >= 0.6 is 0 Å². The highest BCUT2D eigenvalue weighted by Crippen LogP contribution is 2.31. The number of halogens is 3. The van der Waals surface area contributed by atoms with Gasteiger partial charge in [-0.05, 0) is 42.3 Å². The molecule has 3 rings (SSSR count). The van der Waals surface area contributed by atoms with Crippen molar-refractivity contribution in [2.75, 3.05) is 0 Å². The van der Waals surface area contributed by atoms with Crippen molar-refractivity contribution < 1.29 is 31.9 Å². The van der Waals surface area contributed by atoms with E-state index in [9.17, 15) is 22.8 Å². The molecule has 0 N–H and O–H groups in total. The van der Waals surface area contributed by atoms with Crippen LogP contribution in [0.25, 0.3) is 22.1 Å². The minimum atomic E-state index is -4.84. The maximum absolute atomic E-state index is 12.4. The maximum atomic E-state index is 12.4. The number of fused-ring (bicyclic) bond motifs is 1. The van der Waals surface area contributed by atoms with E-state index in [1.165, 1.54) is 31.2 Å². The van der Waals surface area contributed by atoms with E-state index in [1.54, 1.807) is 13.0 Å². The van der Waals surface area contributed by atoms with Crippen LogP contribution in [0, 0.1) is 6.92 Å². The molecule has 0 saturated carbocycles. The highest BCUT2D eigenvalue weighted by Gasteiger charge is 2.31. The molecule has 0 aliphatic rings. The molecular weight excluding hydrogens is 365 g/mol. The van der Waals surface area contributed by atoms with Gasteiger partial charge in [0.25, 0.3) is 0 Å². The predicted molar refractivity (Wildman–Crippen MR) is 90.6 cm³/mol. The van der Waals surface area contributed by atoms with Crippen LogP contribution in [0.2, 0.25) is 0 Å². The van der Waals surface area contributed by atoms with E-state index >= 15 is 0 Å². The lowest BCUT2D eigenvalue weighted by atomic mass is 9.99. The van der Waals surface area contributed by atoms with Crippen molar-refractivity contribution in [3.05, 3.63) is 58.4 Å². The van der Waals surface area contributed by atoms with Gasteiger partial charge in [0, 0.05) is 18.4 Å². The molecule has 2 aromatic carbocycles. The van der Waals surface area contributed by atoms with Crippen LogP contribution < -0.4 is 15.1 Å². The molecular formula is C19H13F3O5. The number of hydrogen-bond acceptors (Lipinski definition) is 5. The quantitative estimate of drug-likeness (QED) is 0.379. The van der Waals surface area contributed by atoms with Crippen LogP contribution in [-0.2, 0) is 4.79 Å². The fourth-order valence-corrected chi connectivity index (χ4v) is 2.75. The smallest absolute Gasteiger partial charge is 0.427 e. The van der Waals surface area contributed by atoms with Gasteiger partial charge in [0.2, 0.25) is 0 Å². The zero-order valence-corrected chi connectivity index (χ0v) is 14.2. The highest BCUT2D eigenvalue weighted by molar-refractivity contribution is 5.88. The highest BCUT2D eigenvalue weighted by atomic mass is 19.4. The lowest BCUT2D eigenvalue weighted by molar-refractivity contribution is -0.274. The molecule has 0 fully saturated rings. The van der Waals surface area contributed by atoms with Crippen LogP contribution in [0.5, 0.6) is 11.5 Å². The summed E-state index contributed by atoms with van der Waals surface area (Å²) in [5, 5.41) is 0.558. The van der Waals surface area contributed by atoms with Crippen LogP contribution in [0.15, 0.2) is 51.7 Å². The van der Waals surface area contributed by atoms with Crippen LogP contribution in [0.3, 0.4) is 0 Å². The number of ether oxygens (including phenoxy) is 2. The summed E-state index contributed by atoms with van der Waals surface area (Å²) in [6.07, 6.45) is -4.84. The topological polar surface area (TPSA) is 65.7 Å². The van der Waals surface area contributed by atoms with E-state index < -0.39 is 23.7 Å². The Balaban J connectivity index is 2.11. The number of carbonyl (C=O) groups excluding carboxylic acids is 1. The number of alkyl halides is 3. The first-order valence-corrected chi connectivity index (χ1v) is 7.76. The maximum Gasteiger partial charge on any atom is 0.573 e. The van der Waals surface area contributed by atoms with Crippen molar-refractivity contribution in [2.24, 2.45) is 0 Å². The summed E-state index contributed by atoms with van der Waals surface area (Å²) in [6, 6.07) is 9.63. The standard InChI is InChI=1S/C19H13F3O5/c1-10-15-7-6-13(25-11(2)23)9-16(15)26-18(24)17(10)12-4-3-5-14(8-12)27-19(20,21)22/h3-9H,1-2H3. The molecule has 1 heterocycles. The monoisotopic (exact) mass is 378 g/mol. The predicted octanol–water partition coefficient (Wildman–Crippen LogP) is 4.59. The van der Waals surface area contributed by atoms with E-state index in [0.717, 1.165) is 12.1 Å². The van der Waals surface area contributed by atoms with E-state index in [2.05, 4.69) is 4.74 Å². The van der Waals surface area contributed by atoms with Crippen LogP contribution in [-0.4, -0.2) is 12.3 Å². The molecule has 0 bridgehead atoms. The molecule has 0 spiro atoms. The van der Waals surface area contributed by atoms with Gasteiger partial charge >= 0.3 is 18.0 Å². The average Bonchev–Trinajstić information content (AvgIpc) is 2.52. The second-order valence-electron chi connectivity index (χ2n) is 5.72. The molecule has 0 aliphatic heterocycles. The zero-order chi connectivity index (χ0) is 19.8. The van der Waals surface area contributed by atoms with Gasteiger partial charge in [-0.15, -0.1) is 13.2 Å². The minimum Gasteiger partial charge on any atom is -0.427 e.